The second kappa shape index (κ2) is 7.40. The number of carbonyl (C=O) groups is 2. The number of amides is 3. The molecule has 0 spiro atoms. The maximum Gasteiger partial charge on any atom is 0.407 e. The molecule has 0 aliphatic carbocycles. The van der Waals surface area contributed by atoms with Gasteiger partial charge in [0.1, 0.15) is 5.60 Å². The Morgan fingerprint density at radius 1 is 1.36 bits per heavy atom. The average Bonchev–Trinajstić information content (AvgIpc) is 2.35. The quantitative estimate of drug-likeness (QED) is 0.744. The van der Waals surface area contributed by atoms with Gasteiger partial charge in [0.2, 0.25) is 0 Å². The van der Waals surface area contributed by atoms with Crippen molar-refractivity contribution in [1.29, 1.82) is 0 Å². The summed E-state index contributed by atoms with van der Waals surface area (Å²) in [6.45, 7) is 7.78. The lowest BCUT2D eigenvalue weighted by Crippen LogP contribution is -2.33. The molecule has 1 rings (SSSR count). The number of benzene rings is 1. The normalized spacial score (nSPS) is 11.0. The van der Waals surface area contributed by atoms with Crippen molar-refractivity contribution in [2.75, 3.05) is 10.8 Å². The molecule has 0 aliphatic rings. The first-order chi connectivity index (χ1) is 10.1. The number of anilines is 1. The number of thiol groups is 1. The van der Waals surface area contributed by atoms with Crippen LogP contribution in [0, 0.1) is 6.92 Å². The number of hydrogen-bond acceptors (Lipinski definition) is 4. The fourth-order valence-electron chi connectivity index (χ4n) is 1.85. The summed E-state index contributed by atoms with van der Waals surface area (Å²) in [7, 11) is 0. The topological polar surface area (TPSA) is 84.7 Å². The smallest absolute Gasteiger partial charge is 0.407 e. The third kappa shape index (κ3) is 5.85. The third-order valence-electron chi connectivity index (χ3n) is 2.78. The van der Waals surface area contributed by atoms with E-state index in [4.69, 9.17) is 10.5 Å². The van der Waals surface area contributed by atoms with Gasteiger partial charge in [0.15, 0.2) is 0 Å². The van der Waals surface area contributed by atoms with Gasteiger partial charge in [-0.1, -0.05) is 24.9 Å². The number of alkyl carbamates (subject to hydrolysis) is 1. The highest BCUT2D eigenvalue weighted by atomic mass is 32.1. The SMILES string of the molecule is Cc1cc(CCNC(=O)OC(C)(C)C)ccc1N(S)C(N)=O. The number of primary amides is 1. The maximum atomic E-state index is 11.5. The number of carbonyl (C=O) groups excluding carboxylic acids is 2. The second-order valence-corrected chi connectivity index (χ2v) is 6.35. The van der Waals surface area contributed by atoms with E-state index >= 15 is 0 Å². The second-order valence-electron chi connectivity index (χ2n) is 5.95. The van der Waals surface area contributed by atoms with E-state index < -0.39 is 17.7 Å². The number of rotatable bonds is 4. The maximum absolute atomic E-state index is 11.5. The first-order valence-corrected chi connectivity index (χ1v) is 7.35. The molecule has 0 heterocycles. The summed E-state index contributed by atoms with van der Waals surface area (Å²) < 4.78 is 6.25. The molecule has 0 aliphatic heterocycles. The largest absolute Gasteiger partial charge is 0.444 e. The molecule has 1 aromatic rings. The Bertz CT molecular complexity index is 555. The van der Waals surface area contributed by atoms with Crippen LogP contribution in [-0.4, -0.2) is 24.3 Å². The van der Waals surface area contributed by atoms with E-state index in [1.54, 1.807) is 6.07 Å². The van der Waals surface area contributed by atoms with Crippen molar-refractivity contribution >= 4 is 30.6 Å². The summed E-state index contributed by atoms with van der Waals surface area (Å²) in [5.74, 6) is 0. The number of aryl methyl sites for hydroxylation is 1. The molecule has 0 fully saturated rings. The van der Waals surface area contributed by atoms with Crippen LogP contribution in [0.3, 0.4) is 0 Å². The zero-order valence-electron chi connectivity index (χ0n) is 13.3. The zero-order valence-corrected chi connectivity index (χ0v) is 14.2. The molecule has 0 saturated heterocycles. The van der Waals surface area contributed by atoms with Crippen molar-refractivity contribution in [2.24, 2.45) is 5.73 Å². The van der Waals surface area contributed by atoms with Crippen molar-refractivity contribution in [3.8, 4) is 0 Å². The van der Waals surface area contributed by atoms with Crippen LogP contribution in [0.15, 0.2) is 18.2 Å². The van der Waals surface area contributed by atoms with Crippen LogP contribution < -0.4 is 15.4 Å². The highest BCUT2D eigenvalue weighted by Gasteiger charge is 2.15. The van der Waals surface area contributed by atoms with E-state index in [0.717, 1.165) is 15.4 Å². The van der Waals surface area contributed by atoms with Crippen LogP contribution >= 0.6 is 12.8 Å². The number of urea groups is 1. The minimum absolute atomic E-state index is 0.434. The Morgan fingerprint density at radius 2 is 2.00 bits per heavy atom. The van der Waals surface area contributed by atoms with E-state index in [1.807, 2.05) is 39.8 Å². The van der Waals surface area contributed by atoms with Gasteiger partial charge in [-0.3, -0.25) is 0 Å². The minimum Gasteiger partial charge on any atom is -0.444 e. The van der Waals surface area contributed by atoms with Gasteiger partial charge >= 0.3 is 12.1 Å². The van der Waals surface area contributed by atoms with E-state index in [9.17, 15) is 9.59 Å². The highest BCUT2D eigenvalue weighted by Crippen LogP contribution is 2.22. The van der Waals surface area contributed by atoms with Gasteiger partial charge in [0.25, 0.3) is 0 Å². The van der Waals surface area contributed by atoms with Gasteiger partial charge < -0.3 is 15.8 Å². The molecule has 0 unspecified atom stereocenters. The van der Waals surface area contributed by atoms with Gasteiger partial charge in [-0.2, -0.15) is 0 Å². The first kappa shape index (κ1) is 18.2. The molecule has 0 bridgehead atoms. The monoisotopic (exact) mass is 325 g/mol. The average molecular weight is 325 g/mol. The summed E-state index contributed by atoms with van der Waals surface area (Å²) in [5.41, 5.74) is 7.23. The molecule has 0 radical (unpaired) electrons. The van der Waals surface area contributed by atoms with Crippen LogP contribution in [0.1, 0.15) is 31.9 Å². The standard InChI is InChI=1S/C15H23N3O3S/c1-10-9-11(5-6-12(10)18(22)13(16)19)7-8-17-14(20)21-15(2,3)4/h5-6,9,22H,7-8H2,1-4H3,(H2,16,19)(H,17,20). The Morgan fingerprint density at radius 3 is 2.50 bits per heavy atom. The number of hydrogen-bond donors (Lipinski definition) is 3. The lowest BCUT2D eigenvalue weighted by atomic mass is 10.1. The molecule has 1 aromatic carbocycles. The van der Waals surface area contributed by atoms with Crippen molar-refractivity contribution in [2.45, 2.75) is 39.7 Å². The van der Waals surface area contributed by atoms with Crippen molar-refractivity contribution < 1.29 is 14.3 Å². The molecule has 0 aromatic heterocycles. The summed E-state index contributed by atoms with van der Waals surface area (Å²) in [4.78, 5) is 22.6. The van der Waals surface area contributed by atoms with Crippen LogP contribution in [0.5, 0.6) is 0 Å². The van der Waals surface area contributed by atoms with Crippen LogP contribution in [-0.2, 0) is 11.2 Å². The van der Waals surface area contributed by atoms with Crippen molar-refractivity contribution in [3.05, 3.63) is 29.3 Å². The Kier molecular flexibility index (Phi) is 6.11. The number of nitrogens with two attached hydrogens (primary N) is 1. The molecular formula is C15H23N3O3S. The van der Waals surface area contributed by atoms with Crippen LogP contribution in [0.25, 0.3) is 0 Å². The fraction of sp³-hybridized carbons (Fsp3) is 0.467. The molecule has 3 N–H and O–H groups in total. The van der Waals surface area contributed by atoms with Gasteiger partial charge in [-0.15, -0.1) is 0 Å². The van der Waals surface area contributed by atoms with E-state index in [2.05, 4.69) is 18.1 Å². The van der Waals surface area contributed by atoms with E-state index in [0.29, 0.717) is 18.7 Å². The van der Waals surface area contributed by atoms with E-state index in [-0.39, 0.29) is 0 Å². The molecule has 0 atom stereocenters. The summed E-state index contributed by atoms with van der Waals surface area (Å²) >= 11 is 4.04. The van der Waals surface area contributed by atoms with E-state index in [1.165, 1.54) is 0 Å². The number of nitrogens with one attached hydrogen (secondary N) is 1. The third-order valence-corrected chi connectivity index (χ3v) is 3.19. The van der Waals surface area contributed by atoms with Gasteiger partial charge in [0, 0.05) is 6.54 Å². The summed E-state index contributed by atoms with van der Waals surface area (Å²) in [6, 6.07) is 4.94. The number of nitrogens with zero attached hydrogens (tertiary/aromatic N) is 1. The lowest BCUT2D eigenvalue weighted by molar-refractivity contribution is 0.0528. The molecule has 3 amide bonds. The predicted molar refractivity (Wildman–Crippen MR) is 90.2 cm³/mol. The number of ether oxygens (including phenoxy) is 1. The van der Waals surface area contributed by atoms with Gasteiger partial charge in [-0.05, 0) is 51.3 Å². The predicted octanol–water partition coefficient (Wildman–Crippen LogP) is 2.79. The fourth-order valence-corrected chi connectivity index (χ4v) is 2.08. The summed E-state index contributed by atoms with van der Waals surface area (Å²) in [6.07, 6.45) is 0.222. The molecule has 0 saturated carbocycles. The van der Waals surface area contributed by atoms with Gasteiger partial charge in [0.05, 0.1) is 5.69 Å². The first-order valence-electron chi connectivity index (χ1n) is 6.95. The highest BCUT2D eigenvalue weighted by molar-refractivity contribution is 7.82. The van der Waals surface area contributed by atoms with Crippen molar-refractivity contribution in [3.63, 3.8) is 0 Å². The molecule has 22 heavy (non-hydrogen) atoms. The Labute approximate surface area is 136 Å². The molecule has 122 valence electrons. The van der Waals surface area contributed by atoms with Crippen LogP contribution in [0.2, 0.25) is 0 Å². The van der Waals surface area contributed by atoms with Gasteiger partial charge in [-0.25, -0.2) is 13.9 Å². The Hall–Kier alpha value is -1.89. The lowest BCUT2D eigenvalue weighted by Gasteiger charge is -2.19. The molecule has 6 nitrogen and oxygen atoms in total. The molecular weight excluding hydrogens is 302 g/mol. The van der Waals surface area contributed by atoms with Crippen LogP contribution in [0.4, 0.5) is 15.3 Å². The Balaban J connectivity index is 2.56. The summed E-state index contributed by atoms with van der Waals surface area (Å²) in [5, 5.41) is 2.70. The molecule has 7 heteroatoms. The minimum atomic E-state index is -0.634. The zero-order chi connectivity index (χ0) is 16.9. The van der Waals surface area contributed by atoms with Crippen molar-refractivity contribution in [1.82, 2.24) is 5.32 Å².